The smallest absolute Gasteiger partial charge is 0.0687 e. The van der Waals surface area contributed by atoms with E-state index in [0.717, 1.165) is 12.1 Å². The van der Waals surface area contributed by atoms with Gasteiger partial charge in [0.05, 0.1) is 11.9 Å². The molecule has 1 aromatic heterocycles. The van der Waals surface area contributed by atoms with Crippen LogP contribution in [0.25, 0.3) is 0 Å². The standard InChI is InChI=1S/C12H20N2/c1-5-6-7-10-8-11(12(2,3)4)14-13-9-10/h8-9H,5-7H2,1-4H3. The molecule has 0 N–H and O–H groups in total. The Hall–Kier alpha value is -0.920. The third-order valence-corrected chi connectivity index (χ3v) is 2.30. The van der Waals surface area contributed by atoms with Gasteiger partial charge in [-0.05, 0) is 24.5 Å². The fourth-order valence-electron chi connectivity index (χ4n) is 1.29. The Morgan fingerprint density at radius 1 is 1.29 bits per heavy atom. The number of aryl methyl sites for hydroxylation is 1. The van der Waals surface area contributed by atoms with E-state index >= 15 is 0 Å². The molecule has 1 rings (SSSR count). The molecule has 0 aliphatic carbocycles. The molecule has 78 valence electrons. The van der Waals surface area contributed by atoms with E-state index < -0.39 is 0 Å². The zero-order valence-electron chi connectivity index (χ0n) is 9.67. The Kier molecular flexibility index (Phi) is 3.62. The van der Waals surface area contributed by atoms with Gasteiger partial charge in [-0.25, -0.2) is 0 Å². The Morgan fingerprint density at radius 3 is 2.57 bits per heavy atom. The van der Waals surface area contributed by atoms with E-state index in [-0.39, 0.29) is 5.41 Å². The Labute approximate surface area is 86.8 Å². The molecule has 14 heavy (non-hydrogen) atoms. The van der Waals surface area contributed by atoms with Gasteiger partial charge in [-0.1, -0.05) is 34.1 Å². The van der Waals surface area contributed by atoms with Crippen LogP contribution in [0.5, 0.6) is 0 Å². The maximum Gasteiger partial charge on any atom is 0.0687 e. The summed E-state index contributed by atoms with van der Waals surface area (Å²) in [5.41, 5.74) is 2.51. The minimum absolute atomic E-state index is 0.106. The van der Waals surface area contributed by atoms with Gasteiger partial charge in [-0.3, -0.25) is 0 Å². The van der Waals surface area contributed by atoms with E-state index in [4.69, 9.17) is 0 Å². The van der Waals surface area contributed by atoms with Crippen LogP contribution >= 0.6 is 0 Å². The third kappa shape index (κ3) is 3.09. The van der Waals surface area contributed by atoms with Crippen molar-refractivity contribution in [3.05, 3.63) is 23.5 Å². The summed E-state index contributed by atoms with van der Waals surface area (Å²) in [7, 11) is 0. The molecule has 0 saturated carbocycles. The van der Waals surface area contributed by atoms with Crippen molar-refractivity contribution < 1.29 is 0 Å². The van der Waals surface area contributed by atoms with Crippen molar-refractivity contribution in [3.8, 4) is 0 Å². The summed E-state index contributed by atoms with van der Waals surface area (Å²) in [6, 6.07) is 2.18. The summed E-state index contributed by atoms with van der Waals surface area (Å²) in [5, 5.41) is 8.22. The molecule has 2 heteroatoms. The maximum absolute atomic E-state index is 4.17. The summed E-state index contributed by atoms with van der Waals surface area (Å²) >= 11 is 0. The zero-order chi connectivity index (χ0) is 10.6. The van der Waals surface area contributed by atoms with Crippen LogP contribution < -0.4 is 0 Å². The van der Waals surface area contributed by atoms with Crippen molar-refractivity contribution in [2.45, 2.75) is 52.4 Å². The molecular formula is C12H20N2. The summed E-state index contributed by atoms with van der Waals surface area (Å²) in [6.07, 6.45) is 5.46. The van der Waals surface area contributed by atoms with Gasteiger partial charge in [-0.15, -0.1) is 0 Å². The lowest BCUT2D eigenvalue weighted by molar-refractivity contribution is 0.556. The highest BCUT2D eigenvalue weighted by Crippen LogP contribution is 2.20. The van der Waals surface area contributed by atoms with Gasteiger partial charge in [0.2, 0.25) is 0 Å². The van der Waals surface area contributed by atoms with Crippen LogP contribution in [0.15, 0.2) is 12.3 Å². The second-order valence-corrected chi connectivity index (χ2v) is 4.80. The quantitative estimate of drug-likeness (QED) is 0.735. The number of hydrogen-bond donors (Lipinski definition) is 0. The Balaban J connectivity index is 2.79. The lowest BCUT2D eigenvalue weighted by Crippen LogP contribution is -2.14. The lowest BCUT2D eigenvalue weighted by Gasteiger charge is -2.17. The van der Waals surface area contributed by atoms with Gasteiger partial charge >= 0.3 is 0 Å². The topological polar surface area (TPSA) is 25.8 Å². The molecule has 0 aliphatic rings. The highest BCUT2D eigenvalue weighted by molar-refractivity contribution is 5.18. The van der Waals surface area contributed by atoms with Crippen molar-refractivity contribution in [1.29, 1.82) is 0 Å². The SMILES string of the molecule is CCCCc1cnnc(C(C)(C)C)c1. The van der Waals surface area contributed by atoms with Crippen LogP contribution in [-0.4, -0.2) is 10.2 Å². The zero-order valence-corrected chi connectivity index (χ0v) is 9.67. The van der Waals surface area contributed by atoms with Gasteiger partial charge in [0, 0.05) is 5.41 Å². The molecule has 0 aliphatic heterocycles. The molecule has 0 spiro atoms. The van der Waals surface area contributed by atoms with Gasteiger partial charge in [-0.2, -0.15) is 10.2 Å². The predicted octanol–water partition coefficient (Wildman–Crippen LogP) is 3.12. The average Bonchev–Trinajstić information content (AvgIpc) is 2.14. The molecule has 0 saturated heterocycles. The highest BCUT2D eigenvalue weighted by atomic mass is 15.1. The van der Waals surface area contributed by atoms with Gasteiger partial charge < -0.3 is 0 Å². The molecule has 0 unspecified atom stereocenters. The van der Waals surface area contributed by atoms with Crippen LogP contribution in [0.1, 0.15) is 51.8 Å². The van der Waals surface area contributed by atoms with Crippen molar-refractivity contribution >= 4 is 0 Å². The van der Waals surface area contributed by atoms with Gasteiger partial charge in [0.1, 0.15) is 0 Å². The van der Waals surface area contributed by atoms with E-state index in [0.29, 0.717) is 0 Å². The van der Waals surface area contributed by atoms with Crippen LogP contribution in [0, 0.1) is 0 Å². The normalized spacial score (nSPS) is 11.7. The summed E-state index contributed by atoms with van der Waals surface area (Å²) < 4.78 is 0. The van der Waals surface area contributed by atoms with Crippen LogP contribution in [0.3, 0.4) is 0 Å². The van der Waals surface area contributed by atoms with Crippen molar-refractivity contribution in [1.82, 2.24) is 10.2 Å². The molecule has 0 fully saturated rings. The first-order valence-corrected chi connectivity index (χ1v) is 5.36. The van der Waals surface area contributed by atoms with Crippen molar-refractivity contribution in [2.24, 2.45) is 0 Å². The molecular weight excluding hydrogens is 172 g/mol. The summed E-state index contributed by atoms with van der Waals surface area (Å²) in [5.74, 6) is 0. The number of nitrogens with zero attached hydrogens (tertiary/aromatic N) is 2. The minimum atomic E-state index is 0.106. The minimum Gasteiger partial charge on any atom is -0.159 e. The number of aromatic nitrogens is 2. The van der Waals surface area contributed by atoms with Crippen LogP contribution in [0.2, 0.25) is 0 Å². The Morgan fingerprint density at radius 2 is 2.00 bits per heavy atom. The van der Waals surface area contributed by atoms with E-state index in [1.165, 1.54) is 18.4 Å². The molecule has 0 atom stereocenters. The average molecular weight is 192 g/mol. The van der Waals surface area contributed by atoms with E-state index in [2.05, 4.69) is 44.0 Å². The number of hydrogen-bond acceptors (Lipinski definition) is 2. The predicted molar refractivity (Wildman–Crippen MR) is 59.3 cm³/mol. The van der Waals surface area contributed by atoms with E-state index in [9.17, 15) is 0 Å². The molecule has 0 amide bonds. The molecule has 0 bridgehead atoms. The maximum atomic E-state index is 4.17. The highest BCUT2D eigenvalue weighted by Gasteiger charge is 2.15. The monoisotopic (exact) mass is 192 g/mol. The third-order valence-electron chi connectivity index (χ3n) is 2.30. The van der Waals surface area contributed by atoms with Crippen LogP contribution in [0.4, 0.5) is 0 Å². The summed E-state index contributed by atoms with van der Waals surface area (Å²) in [6.45, 7) is 8.71. The second-order valence-electron chi connectivity index (χ2n) is 4.80. The first-order chi connectivity index (χ1) is 6.54. The second kappa shape index (κ2) is 4.54. The molecule has 2 nitrogen and oxygen atoms in total. The molecule has 0 radical (unpaired) electrons. The van der Waals surface area contributed by atoms with Crippen molar-refractivity contribution in [2.75, 3.05) is 0 Å². The van der Waals surface area contributed by atoms with Crippen molar-refractivity contribution in [3.63, 3.8) is 0 Å². The molecule has 1 aromatic rings. The van der Waals surface area contributed by atoms with Gasteiger partial charge in [0.15, 0.2) is 0 Å². The summed E-state index contributed by atoms with van der Waals surface area (Å²) in [4.78, 5) is 0. The largest absolute Gasteiger partial charge is 0.159 e. The van der Waals surface area contributed by atoms with Gasteiger partial charge in [0.25, 0.3) is 0 Å². The van der Waals surface area contributed by atoms with Crippen LogP contribution in [-0.2, 0) is 11.8 Å². The lowest BCUT2D eigenvalue weighted by atomic mass is 9.91. The van der Waals surface area contributed by atoms with E-state index in [1.807, 2.05) is 6.20 Å². The first-order valence-electron chi connectivity index (χ1n) is 5.36. The number of rotatable bonds is 3. The fraction of sp³-hybridized carbons (Fsp3) is 0.667. The first kappa shape index (κ1) is 11.2. The number of unbranched alkanes of at least 4 members (excludes halogenated alkanes) is 1. The molecule has 1 heterocycles. The van der Waals surface area contributed by atoms with E-state index in [1.54, 1.807) is 0 Å². The molecule has 0 aromatic carbocycles. The fourth-order valence-corrected chi connectivity index (χ4v) is 1.29. The Bertz CT molecular complexity index is 287.